The molecule has 0 bridgehead atoms. The zero-order valence-corrected chi connectivity index (χ0v) is 17.0. The van der Waals surface area contributed by atoms with E-state index < -0.39 is 6.10 Å². The molecule has 152 valence electrons. The van der Waals surface area contributed by atoms with E-state index in [-0.39, 0.29) is 5.41 Å². The molecule has 2 fully saturated rings. The molecule has 2 N–H and O–H groups in total. The van der Waals surface area contributed by atoms with Gasteiger partial charge in [0.15, 0.2) is 0 Å². The Labute approximate surface area is 164 Å². The average Bonchev–Trinajstić information content (AvgIpc) is 2.66. The number of hydrogen-bond donors (Lipinski definition) is 2. The van der Waals surface area contributed by atoms with Crippen molar-refractivity contribution in [1.82, 2.24) is 10.2 Å². The van der Waals surface area contributed by atoms with Crippen molar-refractivity contribution in [2.24, 2.45) is 5.41 Å². The fourth-order valence-electron chi connectivity index (χ4n) is 4.05. The first-order valence-corrected chi connectivity index (χ1v) is 10.4. The minimum atomic E-state index is -0.461. The van der Waals surface area contributed by atoms with Gasteiger partial charge in [0.1, 0.15) is 18.5 Å². The van der Waals surface area contributed by atoms with E-state index in [0.717, 1.165) is 32.1 Å². The highest BCUT2D eigenvalue weighted by atomic mass is 16.5. The lowest BCUT2D eigenvalue weighted by Crippen LogP contribution is -2.47. The average molecular weight is 377 g/mol. The highest BCUT2D eigenvalue weighted by molar-refractivity contribution is 5.28. The first-order chi connectivity index (χ1) is 13.0. The molecular formula is C22H36N2O3. The van der Waals surface area contributed by atoms with Crippen LogP contribution in [0.2, 0.25) is 0 Å². The summed E-state index contributed by atoms with van der Waals surface area (Å²) in [5.74, 6) is 0.826. The highest BCUT2D eigenvalue weighted by Crippen LogP contribution is 2.25. The van der Waals surface area contributed by atoms with Crippen molar-refractivity contribution < 1.29 is 14.6 Å². The molecule has 0 amide bonds. The lowest BCUT2D eigenvalue weighted by molar-refractivity contribution is -0.0991. The van der Waals surface area contributed by atoms with E-state index in [4.69, 9.17) is 9.47 Å². The summed E-state index contributed by atoms with van der Waals surface area (Å²) in [5, 5.41) is 13.9. The van der Waals surface area contributed by atoms with Crippen LogP contribution in [-0.4, -0.2) is 62.1 Å². The lowest BCUT2D eigenvalue weighted by atomic mass is 9.89. The van der Waals surface area contributed by atoms with E-state index in [2.05, 4.69) is 36.3 Å². The van der Waals surface area contributed by atoms with Crippen LogP contribution < -0.4 is 10.1 Å². The summed E-state index contributed by atoms with van der Waals surface area (Å²) in [6, 6.07) is 8.76. The second-order valence-electron chi connectivity index (χ2n) is 8.75. The van der Waals surface area contributed by atoms with Crippen LogP contribution in [0.25, 0.3) is 0 Å². The zero-order chi connectivity index (χ0) is 19.1. The van der Waals surface area contributed by atoms with Gasteiger partial charge in [0.2, 0.25) is 0 Å². The van der Waals surface area contributed by atoms with E-state index in [1.807, 2.05) is 12.1 Å². The summed E-state index contributed by atoms with van der Waals surface area (Å²) in [6.07, 6.45) is 6.03. The number of benzene rings is 1. The predicted molar refractivity (Wildman–Crippen MR) is 108 cm³/mol. The van der Waals surface area contributed by atoms with Gasteiger partial charge < -0.3 is 24.8 Å². The topological polar surface area (TPSA) is 54.0 Å². The fourth-order valence-corrected chi connectivity index (χ4v) is 4.05. The molecule has 1 atom stereocenters. The van der Waals surface area contributed by atoms with E-state index in [9.17, 15) is 5.11 Å². The van der Waals surface area contributed by atoms with Crippen molar-refractivity contribution in [3.63, 3.8) is 0 Å². The van der Waals surface area contributed by atoms with Crippen LogP contribution >= 0.6 is 0 Å². The smallest absolute Gasteiger partial charge is 0.119 e. The van der Waals surface area contributed by atoms with E-state index >= 15 is 0 Å². The van der Waals surface area contributed by atoms with Crippen molar-refractivity contribution in [2.75, 3.05) is 40.0 Å². The van der Waals surface area contributed by atoms with Crippen LogP contribution in [0.15, 0.2) is 24.3 Å². The number of likely N-dealkylation sites (N-methyl/N-ethyl adjacent to an activating group) is 1. The number of hydrogen-bond acceptors (Lipinski definition) is 5. The number of nitrogens with one attached hydrogen (secondary N) is 1. The van der Waals surface area contributed by atoms with Gasteiger partial charge in [0.05, 0.1) is 13.2 Å². The summed E-state index contributed by atoms with van der Waals surface area (Å²) in [6.45, 7) is 6.72. The molecule has 0 spiro atoms. The lowest BCUT2D eigenvalue weighted by Gasteiger charge is -2.38. The van der Waals surface area contributed by atoms with Gasteiger partial charge in [-0.25, -0.2) is 0 Å². The van der Waals surface area contributed by atoms with Crippen LogP contribution in [0.1, 0.15) is 44.6 Å². The number of aliphatic hydroxyl groups is 1. The molecule has 5 heteroatoms. The molecule has 1 saturated heterocycles. The van der Waals surface area contributed by atoms with Crippen LogP contribution in [-0.2, 0) is 11.3 Å². The Balaban J connectivity index is 1.38. The molecule has 0 radical (unpaired) electrons. The standard InChI is InChI=1S/C22H36N2O3/c1-22(16-26-17-22)15-23-12-18-7-6-10-21(11-18)27-14-20(25)13-24(2)19-8-4-3-5-9-19/h6-7,10-11,19-20,23,25H,3-5,8-9,12-17H2,1-2H3/t20-/m1/s1. The molecule has 1 saturated carbocycles. The number of nitrogens with zero attached hydrogens (tertiary/aromatic N) is 1. The largest absolute Gasteiger partial charge is 0.491 e. The first kappa shape index (κ1) is 20.6. The zero-order valence-electron chi connectivity index (χ0n) is 17.0. The molecule has 0 unspecified atom stereocenters. The van der Waals surface area contributed by atoms with Crippen LogP contribution in [0, 0.1) is 5.41 Å². The summed E-state index contributed by atoms with van der Waals surface area (Å²) < 4.78 is 11.1. The molecule has 5 nitrogen and oxygen atoms in total. The monoisotopic (exact) mass is 376 g/mol. The molecule has 1 aliphatic heterocycles. The Bertz CT molecular complexity index is 570. The predicted octanol–water partition coefficient (Wildman–Crippen LogP) is 2.82. The van der Waals surface area contributed by atoms with Gasteiger partial charge in [0.25, 0.3) is 0 Å². The quantitative estimate of drug-likeness (QED) is 0.658. The van der Waals surface area contributed by atoms with Crippen molar-refractivity contribution >= 4 is 0 Å². The van der Waals surface area contributed by atoms with Crippen molar-refractivity contribution in [1.29, 1.82) is 0 Å². The molecule has 1 aliphatic carbocycles. The maximum absolute atomic E-state index is 10.4. The van der Waals surface area contributed by atoms with E-state index in [0.29, 0.717) is 19.2 Å². The third-order valence-corrected chi connectivity index (χ3v) is 5.82. The van der Waals surface area contributed by atoms with Gasteiger partial charge in [-0.05, 0) is 37.6 Å². The Morgan fingerprint density at radius 2 is 2.07 bits per heavy atom. The third kappa shape index (κ3) is 6.46. The third-order valence-electron chi connectivity index (χ3n) is 5.82. The molecule has 1 aromatic rings. The Morgan fingerprint density at radius 3 is 2.78 bits per heavy atom. The second kappa shape index (κ2) is 9.87. The summed E-state index contributed by atoms with van der Waals surface area (Å²) in [7, 11) is 2.12. The molecular weight excluding hydrogens is 340 g/mol. The molecule has 27 heavy (non-hydrogen) atoms. The van der Waals surface area contributed by atoms with Gasteiger partial charge in [-0.2, -0.15) is 0 Å². The van der Waals surface area contributed by atoms with Crippen LogP contribution in [0.3, 0.4) is 0 Å². The van der Waals surface area contributed by atoms with Crippen molar-refractivity contribution in [3.8, 4) is 5.75 Å². The minimum absolute atomic E-state index is 0.280. The van der Waals surface area contributed by atoms with Gasteiger partial charge >= 0.3 is 0 Å². The van der Waals surface area contributed by atoms with Gasteiger partial charge in [-0.1, -0.05) is 38.3 Å². The Hall–Kier alpha value is -1.14. The van der Waals surface area contributed by atoms with Crippen LogP contribution in [0.4, 0.5) is 0 Å². The summed E-state index contributed by atoms with van der Waals surface area (Å²) in [4.78, 5) is 2.30. The van der Waals surface area contributed by atoms with Crippen molar-refractivity contribution in [2.45, 2.75) is 57.7 Å². The molecule has 0 aromatic heterocycles. The van der Waals surface area contributed by atoms with Gasteiger partial charge in [-0.15, -0.1) is 0 Å². The normalized spacial score (nSPS) is 21.0. The summed E-state index contributed by atoms with van der Waals surface area (Å²) >= 11 is 0. The number of rotatable bonds is 10. The fraction of sp³-hybridized carbons (Fsp3) is 0.727. The molecule has 1 aromatic carbocycles. The highest BCUT2D eigenvalue weighted by Gasteiger charge is 2.32. The maximum atomic E-state index is 10.4. The van der Waals surface area contributed by atoms with Gasteiger partial charge in [0, 0.05) is 31.1 Å². The first-order valence-electron chi connectivity index (χ1n) is 10.4. The minimum Gasteiger partial charge on any atom is -0.491 e. The molecule has 1 heterocycles. The number of ether oxygens (including phenoxy) is 2. The summed E-state index contributed by atoms with van der Waals surface area (Å²) in [5.41, 5.74) is 1.48. The molecule has 3 rings (SSSR count). The second-order valence-corrected chi connectivity index (χ2v) is 8.75. The van der Waals surface area contributed by atoms with E-state index in [1.165, 1.54) is 37.7 Å². The van der Waals surface area contributed by atoms with Gasteiger partial charge in [-0.3, -0.25) is 0 Å². The Kier molecular flexibility index (Phi) is 7.53. The van der Waals surface area contributed by atoms with Crippen LogP contribution in [0.5, 0.6) is 5.75 Å². The Morgan fingerprint density at radius 1 is 1.30 bits per heavy atom. The SMILES string of the molecule is CN(C[C@@H](O)COc1cccc(CNCC2(C)COC2)c1)C1CCCCC1. The van der Waals surface area contributed by atoms with E-state index in [1.54, 1.807) is 0 Å². The molecule has 2 aliphatic rings. The number of aliphatic hydroxyl groups excluding tert-OH is 1. The van der Waals surface area contributed by atoms with Crippen molar-refractivity contribution in [3.05, 3.63) is 29.8 Å². The maximum Gasteiger partial charge on any atom is 0.119 e.